The summed E-state index contributed by atoms with van der Waals surface area (Å²) in [4.78, 5) is 30.1. The van der Waals surface area contributed by atoms with Crippen molar-refractivity contribution in [2.75, 3.05) is 0 Å². The third-order valence-corrected chi connectivity index (χ3v) is 6.49. The molecule has 0 amide bonds. The van der Waals surface area contributed by atoms with Crippen molar-refractivity contribution in [3.05, 3.63) is 99.5 Å². The normalized spacial score (nSPS) is 12.2. The predicted octanol–water partition coefficient (Wildman–Crippen LogP) is 4.12. The van der Waals surface area contributed by atoms with Crippen molar-refractivity contribution in [2.24, 2.45) is 7.05 Å². The first-order chi connectivity index (χ1) is 17.3. The van der Waals surface area contributed by atoms with Gasteiger partial charge < -0.3 is 9.67 Å². The summed E-state index contributed by atoms with van der Waals surface area (Å²) >= 11 is 0. The second kappa shape index (κ2) is 8.82. The number of carboxylic acid groups (broad SMARTS) is 1. The van der Waals surface area contributed by atoms with Crippen molar-refractivity contribution in [1.29, 1.82) is 5.26 Å². The Morgan fingerprint density at radius 2 is 1.89 bits per heavy atom. The van der Waals surface area contributed by atoms with E-state index in [9.17, 15) is 24.3 Å². The van der Waals surface area contributed by atoms with Gasteiger partial charge in [-0.3, -0.25) is 13.9 Å². The Balaban J connectivity index is 1.76. The molecule has 0 aliphatic carbocycles. The number of imidazole rings is 1. The van der Waals surface area contributed by atoms with E-state index >= 15 is 0 Å². The van der Waals surface area contributed by atoms with Gasteiger partial charge in [0, 0.05) is 24.1 Å². The van der Waals surface area contributed by atoms with Crippen LogP contribution in [0.4, 0.5) is 4.39 Å². The molecule has 0 aliphatic rings. The minimum Gasteiger partial charge on any atom is -0.481 e. The molecule has 0 fully saturated rings. The first-order valence-electron chi connectivity index (χ1n) is 11.3. The predicted molar refractivity (Wildman–Crippen MR) is 132 cm³/mol. The van der Waals surface area contributed by atoms with Gasteiger partial charge in [-0.1, -0.05) is 24.3 Å². The highest BCUT2D eigenvalue weighted by atomic mass is 19.1. The van der Waals surface area contributed by atoms with Crippen molar-refractivity contribution in [2.45, 2.75) is 25.9 Å². The molecule has 0 saturated heterocycles. The lowest BCUT2D eigenvalue weighted by Crippen LogP contribution is -2.30. The molecule has 5 rings (SSSR count). The molecular formula is C27H22FN5O3. The van der Waals surface area contributed by atoms with Gasteiger partial charge >= 0.3 is 11.7 Å². The van der Waals surface area contributed by atoms with E-state index in [1.54, 1.807) is 10.6 Å². The topological polar surface area (TPSA) is 106 Å². The van der Waals surface area contributed by atoms with Crippen LogP contribution in [0.2, 0.25) is 0 Å². The van der Waals surface area contributed by atoms with E-state index in [1.807, 2.05) is 49.0 Å². The van der Waals surface area contributed by atoms with E-state index < -0.39 is 29.9 Å². The fourth-order valence-corrected chi connectivity index (χ4v) is 4.88. The van der Waals surface area contributed by atoms with Gasteiger partial charge in [0.25, 0.3) is 0 Å². The van der Waals surface area contributed by atoms with Crippen molar-refractivity contribution >= 4 is 28.0 Å². The molecule has 36 heavy (non-hydrogen) atoms. The number of fused-ring (bicyclic) bond motifs is 2. The van der Waals surface area contributed by atoms with Crippen LogP contribution in [0.5, 0.6) is 0 Å². The first-order valence-corrected chi connectivity index (χ1v) is 11.3. The zero-order chi connectivity index (χ0) is 25.6. The van der Waals surface area contributed by atoms with Gasteiger partial charge in [-0.25, -0.2) is 14.2 Å². The second-order valence-corrected chi connectivity index (χ2v) is 8.79. The number of carboxylic acids is 1. The Morgan fingerprint density at radius 1 is 1.14 bits per heavy atom. The standard InChI is InChI=1S/C27H22FN5O3/c1-16-4-3-5-21-25(16)18(14-31(21)2)15-32-22-11-10-20(13-29)30-26(22)33(27(32)36)23(12-24(34)35)17-6-8-19(28)9-7-17/h3-11,14,23H,12,15H2,1-2H3,(H,34,35). The van der Waals surface area contributed by atoms with E-state index in [0.717, 1.165) is 22.0 Å². The molecule has 0 bridgehead atoms. The average molecular weight is 484 g/mol. The molecule has 5 aromatic rings. The number of benzene rings is 2. The molecule has 0 aliphatic heterocycles. The highest BCUT2D eigenvalue weighted by Gasteiger charge is 2.26. The molecule has 0 radical (unpaired) electrons. The number of nitriles is 1. The lowest BCUT2D eigenvalue weighted by Gasteiger charge is -2.17. The number of hydrogen-bond acceptors (Lipinski definition) is 4. The molecule has 0 saturated carbocycles. The molecule has 9 heteroatoms. The van der Waals surface area contributed by atoms with Crippen molar-refractivity contribution in [3.8, 4) is 6.07 Å². The third-order valence-electron chi connectivity index (χ3n) is 6.49. The quantitative estimate of drug-likeness (QED) is 0.391. The summed E-state index contributed by atoms with van der Waals surface area (Å²) < 4.78 is 18.5. The van der Waals surface area contributed by atoms with Gasteiger partial charge in [-0.05, 0) is 53.9 Å². The summed E-state index contributed by atoms with van der Waals surface area (Å²) in [5.41, 5.74) is 3.78. The molecule has 8 nitrogen and oxygen atoms in total. The Morgan fingerprint density at radius 3 is 2.58 bits per heavy atom. The van der Waals surface area contributed by atoms with Crippen molar-refractivity contribution in [1.82, 2.24) is 18.7 Å². The first kappa shape index (κ1) is 23.1. The van der Waals surface area contributed by atoms with Gasteiger partial charge in [-0.15, -0.1) is 0 Å². The van der Waals surface area contributed by atoms with Crippen LogP contribution in [-0.4, -0.2) is 29.8 Å². The molecule has 3 aromatic heterocycles. The minimum absolute atomic E-state index is 0.0996. The van der Waals surface area contributed by atoms with Crippen LogP contribution in [0.1, 0.15) is 34.8 Å². The van der Waals surface area contributed by atoms with E-state index in [4.69, 9.17) is 0 Å². The van der Waals surface area contributed by atoms with Gasteiger partial charge in [-0.2, -0.15) is 5.26 Å². The lowest BCUT2D eigenvalue weighted by molar-refractivity contribution is -0.137. The Labute approximate surface area is 205 Å². The zero-order valence-electron chi connectivity index (χ0n) is 19.6. The van der Waals surface area contributed by atoms with E-state index in [2.05, 4.69) is 4.98 Å². The van der Waals surface area contributed by atoms with Crippen LogP contribution in [0.3, 0.4) is 0 Å². The van der Waals surface area contributed by atoms with E-state index in [1.165, 1.54) is 34.9 Å². The van der Waals surface area contributed by atoms with Crippen LogP contribution in [0.25, 0.3) is 22.1 Å². The number of aryl methyl sites for hydroxylation is 2. The highest BCUT2D eigenvalue weighted by Crippen LogP contribution is 2.28. The second-order valence-electron chi connectivity index (χ2n) is 8.79. The largest absolute Gasteiger partial charge is 0.481 e. The molecule has 2 aromatic carbocycles. The zero-order valence-corrected chi connectivity index (χ0v) is 19.6. The van der Waals surface area contributed by atoms with Crippen molar-refractivity contribution < 1.29 is 14.3 Å². The third kappa shape index (κ3) is 3.82. The van der Waals surface area contributed by atoms with Crippen LogP contribution in [0, 0.1) is 24.1 Å². The number of aliphatic carboxylic acids is 1. The highest BCUT2D eigenvalue weighted by molar-refractivity contribution is 5.87. The smallest absolute Gasteiger partial charge is 0.331 e. The van der Waals surface area contributed by atoms with Crippen LogP contribution < -0.4 is 5.69 Å². The van der Waals surface area contributed by atoms with Gasteiger partial charge in [0.05, 0.1) is 24.5 Å². The van der Waals surface area contributed by atoms with E-state index in [0.29, 0.717) is 11.1 Å². The monoisotopic (exact) mass is 483 g/mol. The molecule has 3 heterocycles. The molecule has 0 spiro atoms. The SMILES string of the molecule is Cc1cccc2c1c(Cn1c(=O)n(C(CC(=O)O)c3ccc(F)cc3)c3nc(C#N)ccc31)cn2C. The molecule has 1 atom stereocenters. The maximum Gasteiger partial charge on any atom is 0.331 e. The maximum absolute atomic E-state index is 13.9. The van der Waals surface area contributed by atoms with E-state index in [-0.39, 0.29) is 17.9 Å². The van der Waals surface area contributed by atoms with Gasteiger partial charge in [0.15, 0.2) is 5.65 Å². The van der Waals surface area contributed by atoms with Crippen LogP contribution in [-0.2, 0) is 18.4 Å². The summed E-state index contributed by atoms with van der Waals surface area (Å²) in [6.07, 6.45) is 1.55. The molecule has 1 unspecified atom stereocenters. The van der Waals surface area contributed by atoms with Gasteiger partial charge in [0.2, 0.25) is 0 Å². The Bertz CT molecular complexity index is 1740. The number of aromatic nitrogens is 4. The molecular weight excluding hydrogens is 461 g/mol. The summed E-state index contributed by atoms with van der Waals surface area (Å²) in [7, 11) is 1.94. The van der Waals surface area contributed by atoms with Crippen molar-refractivity contribution in [3.63, 3.8) is 0 Å². The number of hydrogen-bond donors (Lipinski definition) is 1. The summed E-state index contributed by atoms with van der Waals surface area (Å²) in [5.74, 6) is -1.60. The minimum atomic E-state index is -1.13. The maximum atomic E-state index is 13.9. The lowest BCUT2D eigenvalue weighted by atomic mass is 10.0. The fraction of sp³-hybridized carbons (Fsp3) is 0.185. The Kier molecular flexibility index (Phi) is 5.65. The molecule has 180 valence electrons. The summed E-state index contributed by atoms with van der Waals surface area (Å²) in [6.45, 7) is 2.23. The molecule has 1 N–H and O–H groups in total. The van der Waals surface area contributed by atoms with Crippen LogP contribution >= 0.6 is 0 Å². The van der Waals surface area contributed by atoms with Crippen LogP contribution in [0.15, 0.2) is 65.6 Å². The number of pyridine rings is 1. The Hall–Kier alpha value is -4.71. The summed E-state index contributed by atoms with van der Waals surface area (Å²) in [6, 6.07) is 15.6. The number of halogens is 1. The van der Waals surface area contributed by atoms with Gasteiger partial charge in [0.1, 0.15) is 17.6 Å². The summed E-state index contributed by atoms with van der Waals surface area (Å²) in [5, 5.41) is 20.1. The number of rotatable bonds is 6. The fourth-order valence-electron chi connectivity index (χ4n) is 4.88. The average Bonchev–Trinajstić information content (AvgIpc) is 3.32. The number of nitrogens with zero attached hydrogens (tertiary/aromatic N) is 5. The number of carbonyl (C=O) groups is 1.